The average molecular weight is 339 g/mol. The SMILES string of the molecule is CCCN(C)C(=O)C(C1CCCC1)N1CCN(C(=O)COC)CC1. The summed E-state index contributed by atoms with van der Waals surface area (Å²) in [7, 11) is 3.47. The van der Waals surface area contributed by atoms with Crippen molar-refractivity contribution in [3.63, 3.8) is 0 Å². The molecule has 1 heterocycles. The molecule has 0 aromatic carbocycles. The minimum atomic E-state index is -0.0104. The van der Waals surface area contributed by atoms with E-state index in [1.165, 1.54) is 12.8 Å². The first kappa shape index (κ1) is 19.2. The third-order valence-corrected chi connectivity index (χ3v) is 5.36. The maximum Gasteiger partial charge on any atom is 0.248 e. The molecule has 2 amide bonds. The molecule has 6 heteroatoms. The van der Waals surface area contributed by atoms with Crippen molar-refractivity contribution in [3.8, 4) is 0 Å². The van der Waals surface area contributed by atoms with E-state index in [4.69, 9.17) is 4.74 Å². The molecule has 138 valence electrons. The summed E-state index contributed by atoms with van der Waals surface area (Å²) in [4.78, 5) is 31.1. The van der Waals surface area contributed by atoms with Crippen LogP contribution in [0.2, 0.25) is 0 Å². The Morgan fingerprint density at radius 2 is 1.79 bits per heavy atom. The minimum Gasteiger partial charge on any atom is -0.375 e. The number of carbonyl (C=O) groups is 2. The molecule has 1 saturated heterocycles. The number of nitrogens with zero attached hydrogens (tertiary/aromatic N) is 3. The van der Waals surface area contributed by atoms with Gasteiger partial charge in [0.25, 0.3) is 0 Å². The van der Waals surface area contributed by atoms with Crippen LogP contribution >= 0.6 is 0 Å². The van der Waals surface area contributed by atoms with E-state index in [-0.39, 0.29) is 24.5 Å². The van der Waals surface area contributed by atoms with Crippen molar-refractivity contribution in [1.29, 1.82) is 0 Å². The van der Waals surface area contributed by atoms with Crippen LogP contribution in [0.4, 0.5) is 0 Å². The number of carbonyl (C=O) groups excluding carboxylic acids is 2. The lowest BCUT2D eigenvalue weighted by Gasteiger charge is -2.42. The lowest BCUT2D eigenvalue weighted by atomic mass is 9.94. The lowest BCUT2D eigenvalue weighted by Crippen LogP contribution is -2.58. The molecule has 0 spiro atoms. The number of likely N-dealkylation sites (N-methyl/N-ethyl adjacent to an activating group) is 1. The zero-order valence-corrected chi connectivity index (χ0v) is 15.5. The highest BCUT2D eigenvalue weighted by Crippen LogP contribution is 2.31. The Balaban J connectivity index is 2.00. The van der Waals surface area contributed by atoms with E-state index < -0.39 is 0 Å². The van der Waals surface area contributed by atoms with Crippen LogP contribution in [0, 0.1) is 5.92 Å². The Morgan fingerprint density at radius 3 is 2.33 bits per heavy atom. The second-order valence-electron chi connectivity index (χ2n) is 7.10. The quantitative estimate of drug-likeness (QED) is 0.699. The molecule has 0 aromatic rings. The summed E-state index contributed by atoms with van der Waals surface area (Å²) in [6.07, 6.45) is 5.76. The third-order valence-electron chi connectivity index (χ3n) is 5.36. The molecule has 2 fully saturated rings. The first-order chi connectivity index (χ1) is 11.6. The summed E-state index contributed by atoms with van der Waals surface area (Å²) in [6, 6.07) is -0.0104. The lowest BCUT2D eigenvalue weighted by molar-refractivity contribution is -0.141. The number of hydrogen-bond acceptors (Lipinski definition) is 4. The summed E-state index contributed by atoms with van der Waals surface area (Å²) < 4.78 is 4.94. The zero-order valence-electron chi connectivity index (χ0n) is 15.5. The molecule has 1 aliphatic carbocycles. The molecule has 0 N–H and O–H groups in total. The van der Waals surface area contributed by atoms with Crippen molar-refractivity contribution < 1.29 is 14.3 Å². The van der Waals surface area contributed by atoms with Crippen LogP contribution in [0.1, 0.15) is 39.0 Å². The molecule has 0 radical (unpaired) electrons. The molecule has 1 aliphatic heterocycles. The van der Waals surface area contributed by atoms with Gasteiger partial charge in [-0.15, -0.1) is 0 Å². The summed E-state index contributed by atoms with van der Waals surface area (Å²) in [6.45, 7) is 6.00. The topological polar surface area (TPSA) is 53.1 Å². The molecule has 0 aromatic heterocycles. The monoisotopic (exact) mass is 339 g/mol. The smallest absolute Gasteiger partial charge is 0.248 e. The highest BCUT2D eigenvalue weighted by molar-refractivity contribution is 5.82. The maximum absolute atomic E-state index is 13.0. The van der Waals surface area contributed by atoms with E-state index in [1.807, 2.05) is 16.8 Å². The summed E-state index contributed by atoms with van der Waals surface area (Å²) in [5.74, 6) is 0.780. The van der Waals surface area contributed by atoms with Crippen LogP contribution in [0.25, 0.3) is 0 Å². The Hall–Kier alpha value is -1.14. The number of methoxy groups -OCH3 is 1. The molecule has 1 saturated carbocycles. The first-order valence-corrected chi connectivity index (χ1v) is 9.34. The molecule has 0 bridgehead atoms. The fraction of sp³-hybridized carbons (Fsp3) is 0.889. The molecule has 2 rings (SSSR count). The van der Waals surface area contributed by atoms with E-state index in [2.05, 4.69) is 11.8 Å². The van der Waals surface area contributed by atoms with Crippen molar-refractivity contribution in [2.45, 2.75) is 45.1 Å². The van der Waals surface area contributed by atoms with E-state index in [0.29, 0.717) is 19.0 Å². The molecule has 1 unspecified atom stereocenters. The predicted octanol–water partition coefficient (Wildman–Crippen LogP) is 1.20. The number of amides is 2. The first-order valence-electron chi connectivity index (χ1n) is 9.34. The summed E-state index contributed by atoms with van der Waals surface area (Å²) in [5, 5.41) is 0. The van der Waals surface area contributed by atoms with Gasteiger partial charge in [-0.25, -0.2) is 0 Å². The van der Waals surface area contributed by atoms with E-state index in [0.717, 1.165) is 38.9 Å². The van der Waals surface area contributed by atoms with Gasteiger partial charge in [-0.05, 0) is 25.2 Å². The van der Waals surface area contributed by atoms with Crippen molar-refractivity contribution in [2.75, 3.05) is 53.5 Å². The Morgan fingerprint density at radius 1 is 1.17 bits per heavy atom. The molecular formula is C18H33N3O3. The van der Waals surface area contributed by atoms with Gasteiger partial charge in [0.2, 0.25) is 11.8 Å². The third kappa shape index (κ3) is 4.70. The van der Waals surface area contributed by atoms with Crippen LogP contribution in [-0.2, 0) is 14.3 Å². The minimum absolute atomic E-state index is 0.0104. The summed E-state index contributed by atoms with van der Waals surface area (Å²) in [5.41, 5.74) is 0. The van der Waals surface area contributed by atoms with Crippen molar-refractivity contribution >= 4 is 11.8 Å². The zero-order chi connectivity index (χ0) is 17.5. The Bertz CT molecular complexity index is 416. The number of rotatable bonds is 7. The van der Waals surface area contributed by atoms with Crippen LogP contribution in [-0.4, -0.2) is 86.0 Å². The van der Waals surface area contributed by atoms with Crippen LogP contribution in [0.15, 0.2) is 0 Å². The van der Waals surface area contributed by atoms with Gasteiger partial charge in [-0.3, -0.25) is 14.5 Å². The second kappa shape index (κ2) is 9.37. The molecule has 6 nitrogen and oxygen atoms in total. The largest absolute Gasteiger partial charge is 0.375 e. The van der Waals surface area contributed by atoms with Gasteiger partial charge in [0.1, 0.15) is 6.61 Å². The molecular weight excluding hydrogens is 306 g/mol. The van der Waals surface area contributed by atoms with Crippen LogP contribution < -0.4 is 0 Å². The maximum atomic E-state index is 13.0. The van der Waals surface area contributed by atoms with Gasteiger partial charge in [0.05, 0.1) is 6.04 Å². The average Bonchev–Trinajstić information content (AvgIpc) is 3.10. The second-order valence-corrected chi connectivity index (χ2v) is 7.10. The van der Waals surface area contributed by atoms with E-state index in [9.17, 15) is 9.59 Å². The highest BCUT2D eigenvalue weighted by Gasteiger charge is 2.38. The van der Waals surface area contributed by atoms with Crippen molar-refractivity contribution in [1.82, 2.24) is 14.7 Å². The van der Waals surface area contributed by atoms with E-state index in [1.54, 1.807) is 7.11 Å². The Kier molecular flexibility index (Phi) is 7.49. The number of hydrogen-bond donors (Lipinski definition) is 0. The molecule has 24 heavy (non-hydrogen) atoms. The van der Waals surface area contributed by atoms with Gasteiger partial charge < -0.3 is 14.5 Å². The number of ether oxygens (including phenoxy) is 1. The van der Waals surface area contributed by atoms with Gasteiger partial charge >= 0.3 is 0 Å². The van der Waals surface area contributed by atoms with Gasteiger partial charge in [0, 0.05) is 46.9 Å². The molecule has 1 atom stereocenters. The highest BCUT2D eigenvalue weighted by atomic mass is 16.5. The summed E-state index contributed by atoms with van der Waals surface area (Å²) >= 11 is 0. The van der Waals surface area contributed by atoms with Gasteiger partial charge in [0.15, 0.2) is 0 Å². The van der Waals surface area contributed by atoms with Gasteiger partial charge in [-0.2, -0.15) is 0 Å². The van der Waals surface area contributed by atoms with Crippen LogP contribution in [0.3, 0.4) is 0 Å². The predicted molar refractivity (Wildman–Crippen MR) is 93.7 cm³/mol. The normalized spacial score (nSPS) is 21.0. The van der Waals surface area contributed by atoms with Crippen molar-refractivity contribution in [3.05, 3.63) is 0 Å². The Labute approximate surface area is 146 Å². The van der Waals surface area contributed by atoms with Crippen molar-refractivity contribution in [2.24, 2.45) is 5.92 Å². The van der Waals surface area contributed by atoms with Crippen LogP contribution in [0.5, 0.6) is 0 Å². The standard InChI is InChI=1S/C18H33N3O3/c1-4-9-19(2)18(23)17(15-7-5-6-8-15)21-12-10-20(11-13-21)16(22)14-24-3/h15,17H,4-14H2,1-3H3. The number of piperazine rings is 1. The van der Waals surface area contributed by atoms with E-state index >= 15 is 0 Å². The van der Waals surface area contributed by atoms with Gasteiger partial charge in [-0.1, -0.05) is 19.8 Å². The fourth-order valence-electron chi connectivity index (χ4n) is 4.06. The molecule has 2 aliphatic rings. The fourth-order valence-corrected chi connectivity index (χ4v) is 4.06.